The summed E-state index contributed by atoms with van der Waals surface area (Å²) in [7, 11) is 1.66. The number of amides is 1. The monoisotopic (exact) mass is 335 g/mol. The maximum Gasteiger partial charge on any atom is 0.303 e. The number of carboxylic acids is 1. The van der Waals surface area contributed by atoms with Crippen molar-refractivity contribution in [3.05, 3.63) is 46.6 Å². The van der Waals surface area contributed by atoms with Crippen LogP contribution in [0.4, 0.5) is 4.39 Å². The van der Waals surface area contributed by atoms with Gasteiger partial charge in [-0.1, -0.05) is 12.1 Å². The van der Waals surface area contributed by atoms with Gasteiger partial charge in [-0.25, -0.2) is 4.39 Å². The third-order valence-corrected chi connectivity index (χ3v) is 4.74. The fourth-order valence-electron chi connectivity index (χ4n) is 2.23. The average molecular weight is 335 g/mol. The Hall–Kier alpha value is -2.21. The average Bonchev–Trinajstić information content (AvgIpc) is 2.88. The van der Waals surface area contributed by atoms with Crippen LogP contribution < -0.4 is 0 Å². The number of benzene rings is 1. The van der Waals surface area contributed by atoms with Crippen molar-refractivity contribution in [3.8, 4) is 10.4 Å². The molecule has 0 atom stereocenters. The van der Waals surface area contributed by atoms with E-state index in [4.69, 9.17) is 5.11 Å². The van der Waals surface area contributed by atoms with E-state index < -0.39 is 5.97 Å². The molecule has 0 aliphatic rings. The molecule has 23 heavy (non-hydrogen) atoms. The van der Waals surface area contributed by atoms with E-state index >= 15 is 0 Å². The summed E-state index contributed by atoms with van der Waals surface area (Å²) in [5.41, 5.74) is 1.84. The predicted molar refractivity (Wildman–Crippen MR) is 88.3 cm³/mol. The van der Waals surface area contributed by atoms with E-state index in [1.54, 1.807) is 19.2 Å². The zero-order valence-corrected chi connectivity index (χ0v) is 13.8. The van der Waals surface area contributed by atoms with Crippen molar-refractivity contribution in [2.24, 2.45) is 0 Å². The lowest BCUT2D eigenvalue weighted by atomic mass is 10.1. The van der Waals surface area contributed by atoms with Crippen LogP contribution in [0.3, 0.4) is 0 Å². The molecule has 4 nitrogen and oxygen atoms in total. The van der Waals surface area contributed by atoms with Gasteiger partial charge in [0.15, 0.2) is 0 Å². The zero-order chi connectivity index (χ0) is 17.0. The Bertz CT molecular complexity index is 709. The Labute approximate surface area is 138 Å². The van der Waals surface area contributed by atoms with Gasteiger partial charge < -0.3 is 10.0 Å². The maximum absolute atomic E-state index is 13.0. The number of nitrogens with zero attached hydrogens (tertiary/aromatic N) is 1. The maximum atomic E-state index is 13.0. The van der Waals surface area contributed by atoms with Crippen molar-refractivity contribution in [2.75, 3.05) is 13.6 Å². The molecule has 0 fully saturated rings. The smallest absolute Gasteiger partial charge is 0.303 e. The minimum absolute atomic E-state index is 0.0436. The highest BCUT2D eigenvalue weighted by atomic mass is 32.1. The van der Waals surface area contributed by atoms with Crippen molar-refractivity contribution in [1.82, 2.24) is 4.90 Å². The first-order chi connectivity index (χ1) is 10.9. The number of aryl methyl sites for hydroxylation is 1. The summed E-state index contributed by atoms with van der Waals surface area (Å²) < 4.78 is 13.0. The second-order valence-electron chi connectivity index (χ2n) is 5.35. The highest BCUT2D eigenvalue weighted by Gasteiger charge is 2.17. The lowest BCUT2D eigenvalue weighted by Gasteiger charge is -2.15. The number of hydrogen-bond acceptors (Lipinski definition) is 3. The van der Waals surface area contributed by atoms with Crippen LogP contribution in [0.1, 0.15) is 28.1 Å². The molecule has 1 N–H and O–H groups in total. The van der Waals surface area contributed by atoms with Crippen molar-refractivity contribution < 1.29 is 19.1 Å². The predicted octanol–water partition coefficient (Wildman–Crippen LogP) is 3.80. The molecule has 0 saturated carbocycles. The number of aliphatic carboxylic acids is 1. The molecule has 0 spiro atoms. The highest BCUT2D eigenvalue weighted by Crippen LogP contribution is 2.33. The third kappa shape index (κ3) is 4.39. The number of carboxylic acid groups (broad SMARTS) is 1. The Balaban J connectivity index is 2.11. The summed E-state index contributed by atoms with van der Waals surface area (Å²) in [5.74, 6) is -1.29. The van der Waals surface area contributed by atoms with Crippen LogP contribution in [-0.2, 0) is 4.79 Å². The van der Waals surface area contributed by atoms with Crippen LogP contribution in [0.25, 0.3) is 10.4 Å². The first kappa shape index (κ1) is 17.1. The van der Waals surface area contributed by atoms with Crippen LogP contribution in [0, 0.1) is 12.7 Å². The van der Waals surface area contributed by atoms with Gasteiger partial charge in [0.1, 0.15) is 5.82 Å². The number of hydrogen-bond donors (Lipinski definition) is 1. The van der Waals surface area contributed by atoms with E-state index in [1.807, 2.05) is 13.0 Å². The molecule has 2 aromatic rings. The first-order valence-corrected chi connectivity index (χ1v) is 8.03. The third-order valence-electron chi connectivity index (χ3n) is 3.47. The van der Waals surface area contributed by atoms with E-state index in [-0.39, 0.29) is 18.1 Å². The number of rotatable bonds is 6. The van der Waals surface area contributed by atoms with Crippen molar-refractivity contribution in [3.63, 3.8) is 0 Å². The van der Waals surface area contributed by atoms with Gasteiger partial charge in [-0.15, -0.1) is 11.3 Å². The number of thiophene rings is 1. The topological polar surface area (TPSA) is 57.6 Å². The second kappa shape index (κ2) is 7.37. The van der Waals surface area contributed by atoms with Gasteiger partial charge in [0.25, 0.3) is 5.91 Å². The van der Waals surface area contributed by atoms with Gasteiger partial charge in [-0.3, -0.25) is 9.59 Å². The van der Waals surface area contributed by atoms with E-state index in [9.17, 15) is 14.0 Å². The van der Waals surface area contributed by atoms with E-state index in [1.165, 1.54) is 28.4 Å². The molecule has 0 bridgehead atoms. The minimum atomic E-state index is -0.864. The molecule has 0 saturated heterocycles. The SMILES string of the molecule is Cc1cc(C(=O)N(C)CCCC(=O)O)sc1-c1ccc(F)cc1. The number of carbonyl (C=O) groups is 2. The minimum Gasteiger partial charge on any atom is -0.481 e. The van der Waals surface area contributed by atoms with Gasteiger partial charge in [-0.2, -0.15) is 0 Å². The van der Waals surface area contributed by atoms with E-state index in [0.29, 0.717) is 17.8 Å². The van der Waals surface area contributed by atoms with Gasteiger partial charge in [0, 0.05) is 24.9 Å². The summed E-state index contributed by atoms with van der Waals surface area (Å²) in [6.07, 6.45) is 0.467. The lowest BCUT2D eigenvalue weighted by molar-refractivity contribution is -0.137. The Morgan fingerprint density at radius 2 is 1.91 bits per heavy atom. The van der Waals surface area contributed by atoms with Crippen LogP contribution in [0.15, 0.2) is 30.3 Å². The molecule has 0 aliphatic carbocycles. The first-order valence-electron chi connectivity index (χ1n) is 7.22. The van der Waals surface area contributed by atoms with E-state index in [2.05, 4.69) is 0 Å². The summed E-state index contributed by atoms with van der Waals surface area (Å²) in [6, 6.07) is 8.00. The fourth-order valence-corrected chi connectivity index (χ4v) is 3.41. The molecule has 1 aromatic heterocycles. The molecule has 2 rings (SSSR count). The van der Waals surface area contributed by atoms with Crippen molar-refractivity contribution in [2.45, 2.75) is 19.8 Å². The molecule has 0 unspecified atom stereocenters. The van der Waals surface area contributed by atoms with E-state index in [0.717, 1.165) is 16.0 Å². The molecular formula is C17H18FNO3S. The van der Waals surface area contributed by atoms with Crippen LogP contribution in [0.2, 0.25) is 0 Å². The Morgan fingerprint density at radius 3 is 2.52 bits per heavy atom. The number of carbonyl (C=O) groups excluding carboxylic acids is 1. The van der Waals surface area contributed by atoms with Crippen LogP contribution in [0.5, 0.6) is 0 Å². The molecule has 6 heteroatoms. The van der Waals surface area contributed by atoms with Gasteiger partial charge >= 0.3 is 5.97 Å². The van der Waals surface area contributed by atoms with Crippen molar-refractivity contribution >= 4 is 23.2 Å². The largest absolute Gasteiger partial charge is 0.481 e. The Kier molecular flexibility index (Phi) is 5.50. The molecule has 1 heterocycles. The molecule has 0 aliphatic heterocycles. The lowest BCUT2D eigenvalue weighted by Crippen LogP contribution is -2.27. The zero-order valence-electron chi connectivity index (χ0n) is 13.0. The molecule has 1 aromatic carbocycles. The fraction of sp³-hybridized carbons (Fsp3) is 0.294. The number of halogens is 1. The molecule has 122 valence electrons. The molecule has 0 radical (unpaired) electrons. The van der Waals surface area contributed by atoms with Crippen molar-refractivity contribution in [1.29, 1.82) is 0 Å². The van der Waals surface area contributed by atoms with Crippen LogP contribution >= 0.6 is 11.3 Å². The van der Waals surface area contributed by atoms with Gasteiger partial charge in [0.2, 0.25) is 0 Å². The Morgan fingerprint density at radius 1 is 1.26 bits per heavy atom. The second-order valence-corrected chi connectivity index (χ2v) is 6.41. The normalized spacial score (nSPS) is 10.6. The standard InChI is InChI=1S/C17H18FNO3S/c1-11-10-14(17(22)19(2)9-3-4-15(20)21)23-16(11)12-5-7-13(18)8-6-12/h5-8,10H,3-4,9H2,1-2H3,(H,20,21). The van der Waals surface area contributed by atoms with Gasteiger partial charge in [0.05, 0.1) is 4.88 Å². The summed E-state index contributed by atoms with van der Waals surface area (Å²) in [4.78, 5) is 26.0. The summed E-state index contributed by atoms with van der Waals surface area (Å²) in [5, 5.41) is 8.64. The van der Waals surface area contributed by atoms with Crippen LogP contribution in [-0.4, -0.2) is 35.5 Å². The molecular weight excluding hydrogens is 317 g/mol. The summed E-state index contributed by atoms with van der Waals surface area (Å²) in [6.45, 7) is 2.31. The summed E-state index contributed by atoms with van der Waals surface area (Å²) >= 11 is 1.36. The quantitative estimate of drug-likeness (QED) is 0.873. The molecule has 1 amide bonds. The van der Waals surface area contributed by atoms with Gasteiger partial charge in [-0.05, 0) is 42.7 Å². The highest BCUT2D eigenvalue weighted by molar-refractivity contribution is 7.17.